The van der Waals surface area contributed by atoms with Gasteiger partial charge in [0.15, 0.2) is 0 Å². The summed E-state index contributed by atoms with van der Waals surface area (Å²) < 4.78 is 0.687. The smallest absolute Gasteiger partial charge is 0.258 e. The predicted molar refractivity (Wildman–Crippen MR) is 89.2 cm³/mol. The number of hydrogen-bond donors (Lipinski definition) is 1. The topological polar surface area (TPSA) is 64.3 Å². The zero-order chi connectivity index (χ0) is 15.2. The first kappa shape index (κ1) is 15.3. The van der Waals surface area contributed by atoms with E-state index in [4.69, 9.17) is 5.26 Å². The Hall–Kier alpha value is -2.07. The molecule has 0 aliphatic heterocycles. The van der Waals surface area contributed by atoms with Gasteiger partial charge in [0.1, 0.15) is 5.75 Å². The highest BCUT2D eigenvalue weighted by atomic mass is 127. The van der Waals surface area contributed by atoms with E-state index in [-0.39, 0.29) is 18.1 Å². The third-order valence-electron chi connectivity index (χ3n) is 2.95. The fourth-order valence-corrected chi connectivity index (χ4v) is 2.25. The number of aromatic hydroxyl groups is 1. The van der Waals surface area contributed by atoms with Crippen LogP contribution in [0.3, 0.4) is 0 Å². The molecule has 0 aliphatic carbocycles. The number of nitrogens with zero attached hydrogens (tertiary/aromatic N) is 2. The van der Waals surface area contributed by atoms with Crippen molar-refractivity contribution in [3.05, 3.63) is 57.7 Å². The van der Waals surface area contributed by atoms with E-state index >= 15 is 0 Å². The fraction of sp³-hybridized carbons (Fsp3) is 0.125. The molecule has 2 aromatic rings. The molecule has 0 atom stereocenters. The molecule has 0 aromatic heterocycles. The van der Waals surface area contributed by atoms with E-state index in [1.165, 1.54) is 6.07 Å². The Morgan fingerprint density at radius 2 is 1.95 bits per heavy atom. The molecular formula is C16H13IN2O2. The van der Waals surface area contributed by atoms with Gasteiger partial charge in [-0.25, -0.2) is 0 Å². The van der Waals surface area contributed by atoms with Crippen molar-refractivity contribution < 1.29 is 9.90 Å². The van der Waals surface area contributed by atoms with Crippen LogP contribution in [0.4, 0.5) is 5.69 Å². The van der Waals surface area contributed by atoms with Crippen molar-refractivity contribution in [3.63, 3.8) is 0 Å². The van der Waals surface area contributed by atoms with Crippen LogP contribution in [0.15, 0.2) is 48.5 Å². The van der Waals surface area contributed by atoms with Gasteiger partial charge < -0.3 is 10.0 Å². The molecule has 0 bridgehead atoms. The molecular weight excluding hydrogens is 379 g/mol. The van der Waals surface area contributed by atoms with Crippen LogP contribution in [-0.2, 0) is 0 Å². The van der Waals surface area contributed by atoms with E-state index in [0.717, 1.165) is 5.69 Å². The van der Waals surface area contributed by atoms with Crippen LogP contribution < -0.4 is 4.90 Å². The third kappa shape index (κ3) is 3.73. The van der Waals surface area contributed by atoms with Gasteiger partial charge in [-0.05, 0) is 52.9 Å². The molecule has 1 amide bonds. The summed E-state index contributed by atoms with van der Waals surface area (Å²) in [5.41, 5.74) is 1.13. The third-order valence-corrected chi connectivity index (χ3v) is 3.87. The molecule has 0 spiro atoms. The molecule has 0 fully saturated rings. The Morgan fingerprint density at radius 1 is 1.24 bits per heavy atom. The normalized spacial score (nSPS) is 9.90. The lowest BCUT2D eigenvalue weighted by Crippen LogP contribution is -2.31. The van der Waals surface area contributed by atoms with Gasteiger partial charge in [0.25, 0.3) is 5.91 Å². The second kappa shape index (κ2) is 7.09. The summed E-state index contributed by atoms with van der Waals surface area (Å²) in [4.78, 5) is 14.2. The number of nitriles is 1. The van der Waals surface area contributed by atoms with Crippen LogP contribution in [0.5, 0.6) is 5.75 Å². The minimum absolute atomic E-state index is 0.0785. The second-order valence-electron chi connectivity index (χ2n) is 4.37. The monoisotopic (exact) mass is 392 g/mol. The number of carbonyl (C=O) groups is 1. The maximum absolute atomic E-state index is 12.6. The summed E-state index contributed by atoms with van der Waals surface area (Å²) in [6, 6.07) is 16.1. The number of rotatable bonds is 4. The first-order chi connectivity index (χ1) is 10.1. The number of para-hydroxylation sites is 1. The highest BCUT2D eigenvalue weighted by Crippen LogP contribution is 2.23. The van der Waals surface area contributed by atoms with Gasteiger partial charge in [0.05, 0.1) is 16.1 Å². The van der Waals surface area contributed by atoms with Crippen molar-refractivity contribution in [2.75, 3.05) is 11.4 Å². The number of amides is 1. The lowest BCUT2D eigenvalue weighted by molar-refractivity contribution is 0.0987. The molecule has 5 heteroatoms. The van der Waals surface area contributed by atoms with E-state index in [1.807, 2.05) is 52.9 Å². The number of hydrogen-bond acceptors (Lipinski definition) is 3. The molecule has 0 aliphatic rings. The van der Waals surface area contributed by atoms with Crippen molar-refractivity contribution in [2.45, 2.75) is 6.42 Å². The van der Waals surface area contributed by atoms with E-state index in [9.17, 15) is 9.90 Å². The van der Waals surface area contributed by atoms with Crippen LogP contribution in [0.25, 0.3) is 0 Å². The summed E-state index contributed by atoms with van der Waals surface area (Å²) in [6.07, 6.45) is 0.247. The Labute approximate surface area is 136 Å². The van der Waals surface area contributed by atoms with E-state index in [1.54, 1.807) is 17.0 Å². The molecule has 21 heavy (non-hydrogen) atoms. The van der Waals surface area contributed by atoms with Gasteiger partial charge in [0.2, 0.25) is 0 Å². The van der Waals surface area contributed by atoms with Crippen LogP contribution in [0.1, 0.15) is 16.8 Å². The SMILES string of the molecule is N#CCCN(C(=O)c1ccc(I)c(O)c1)c1ccccc1. The van der Waals surface area contributed by atoms with Gasteiger partial charge in [-0.3, -0.25) is 4.79 Å². The molecule has 0 saturated carbocycles. The standard InChI is InChI=1S/C16H13IN2O2/c17-14-8-7-12(11-15(14)20)16(21)19(10-4-9-18)13-5-2-1-3-6-13/h1-3,5-8,11,20H,4,10H2. The molecule has 4 nitrogen and oxygen atoms in total. The largest absolute Gasteiger partial charge is 0.507 e. The fourth-order valence-electron chi connectivity index (χ4n) is 1.92. The van der Waals surface area contributed by atoms with Crippen molar-refractivity contribution in [1.29, 1.82) is 5.26 Å². The lowest BCUT2D eigenvalue weighted by atomic mass is 10.1. The highest BCUT2D eigenvalue weighted by Gasteiger charge is 2.18. The first-order valence-electron chi connectivity index (χ1n) is 6.36. The second-order valence-corrected chi connectivity index (χ2v) is 5.53. The molecule has 0 unspecified atom stereocenters. The molecule has 1 N–H and O–H groups in total. The summed E-state index contributed by atoms with van der Waals surface area (Å²) in [6.45, 7) is 0.312. The number of phenols is 1. The molecule has 0 saturated heterocycles. The zero-order valence-electron chi connectivity index (χ0n) is 11.2. The van der Waals surface area contributed by atoms with Gasteiger partial charge in [-0.15, -0.1) is 0 Å². The Kier molecular flexibility index (Phi) is 5.17. The lowest BCUT2D eigenvalue weighted by Gasteiger charge is -2.22. The van der Waals surface area contributed by atoms with Gasteiger partial charge >= 0.3 is 0 Å². The van der Waals surface area contributed by atoms with Crippen molar-refractivity contribution in [3.8, 4) is 11.8 Å². The summed E-state index contributed by atoms with van der Waals surface area (Å²) in [5, 5.41) is 18.5. The zero-order valence-corrected chi connectivity index (χ0v) is 13.3. The summed E-state index contributed by atoms with van der Waals surface area (Å²) >= 11 is 2.00. The van der Waals surface area contributed by atoms with Crippen molar-refractivity contribution in [1.82, 2.24) is 0 Å². The Morgan fingerprint density at radius 3 is 2.57 bits per heavy atom. The molecule has 106 valence electrons. The summed E-state index contributed by atoms with van der Waals surface area (Å²) in [7, 11) is 0. The van der Waals surface area contributed by atoms with E-state index in [0.29, 0.717) is 15.7 Å². The molecule has 0 radical (unpaired) electrons. The van der Waals surface area contributed by atoms with Crippen molar-refractivity contribution in [2.24, 2.45) is 0 Å². The van der Waals surface area contributed by atoms with Crippen LogP contribution in [0.2, 0.25) is 0 Å². The minimum atomic E-state index is -0.233. The Bertz CT molecular complexity index is 680. The average molecular weight is 392 g/mol. The number of benzene rings is 2. The number of anilines is 1. The molecule has 2 aromatic carbocycles. The van der Waals surface area contributed by atoms with Crippen LogP contribution >= 0.6 is 22.6 Å². The number of phenolic OH excluding ortho intramolecular Hbond substituents is 1. The maximum atomic E-state index is 12.6. The number of carbonyl (C=O) groups excluding carboxylic acids is 1. The van der Waals surface area contributed by atoms with Gasteiger partial charge in [-0.1, -0.05) is 18.2 Å². The predicted octanol–water partition coefficient (Wildman–Crippen LogP) is 3.56. The average Bonchev–Trinajstić information content (AvgIpc) is 2.51. The van der Waals surface area contributed by atoms with Gasteiger partial charge in [-0.2, -0.15) is 5.26 Å². The first-order valence-corrected chi connectivity index (χ1v) is 7.43. The highest BCUT2D eigenvalue weighted by molar-refractivity contribution is 14.1. The van der Waals surface area contributed by atoms with Crippen LogP contribution in [-0.4, -0.2) is 17.6 Å². The van der Waals surface area contributed by atoms with Gasteiger partial charge in [0, 0.05) is 17.8 Å². The van der Waals surface area contributed by atoms with Crippen LogP contribution in [0, 0.1) is 14.9 Å². The van der Waals surface area contributed by atoms with E-state index in [2.05, 4.69) is 6.07 Å². The quantitative estimate of drug-likeness (QED) is 0.810. The number of halogens is 1. The molecule has 2 rings (SSSR count). The summed E-state index contributed by atoms with van der Waals surface area (Å²) in [5.74, 6) is -0.155. The van der Waals surface area contributed by atoms with Crippen molar-refractivity contribution >= 4 is 34.2 Å². The maximum Gasteiger partial charge on any atom is 0.258 e. The van der Waals surface area contributed by atoms with E-state index < -0.39 is 0 Å². The molecule has 0 heterocycles. The Balaban J connectivity index is 2.34. The minimum Gasteiger partial charge on any atom is -0.507 e.